The Labute approximate surface area is 81.9 Å². The van der Waals surface area contributed by atoms with Gasteiger partial charge >= 0.3 is 0 Å². The molecule has 1 aliphatic carbocycles. The van der Waals surface area contributed by atoms with Gasteiger partial charge in [-0.05, 0) is 25.0 Å². The molecule has 1 nitrogen and oxygen atoms in total. The van der Waals surface area contributed by atoms with Crippen molar-refractivity contribution in [3.8, 4) is 0 Å². The molecule has 1 fully saturated rings. The Hall–Kier alpha value is -0.960. The first kappa shape index (κ1) is 9.59. The summed E-state index contributed by atoms with van der Waals surface area (Å²) in [6.07, 6.45) is -0.232. The molecular formula is C11H13F2N. The fraction of sp³-hybridized carbons (Fsp3) is 0.455. The molecule has 1 aromatic carbocycles. The summed E-state index contributed by atoms with van der Waals surface area (Å²) in [5, 5.41) is 0. The molecule has 2 N–H and O–H groups in total. The van der Waals surface area contributed by atoms with Gasteiger partial charge in [-0.2, -0.15) is 0 Å². The van der Waals surface area contributed by atoms with Crippen molar-refractivity contribution in [3.05, 3.63) is 34.9 Å². The van der Waals surface area contributed by atoms with Crippen LogP contribution in [0.15, 0.2) is 18.2 Å². The summed E-state index contributed by atoms with van der Waals surface area (Å²) in [5.41, 5.74) is 6.73. The van der Waals surface area contributed by atoms with Gasteiger partial charge < -0.3 is 5.73 Å². The first-order valence-corrected chi connectivity index (χ1v) is 4.61. The van der Waals surface area contributed by atoms with Crippen molar-refractivity contribution >= 4 is 0 Å². The monoisotopic (exact) mass is 197 g/mol. The van der Waals surface area contributed by atoms with E-state index >= 15 is 0 Å². The van der Waals surface area contributed by atoms with Crippen molar-refractivity contribution < 1.29 is 8.78 Å². The van der Waals surface area contributed by atoms with Crippen molar-refractivity contribution in [3.63, 3.8) is 0 Å². The van der Waals surface area contributed by atoms with E-state index in [9.17, 15) is 8.78 Å². The fourth-order valence-corrected chi connectivity index (χ4v) is 1.91. The van der Waals surface area contributed by atoms with Gasteiger partial charge in [0.2, 0.25) is 0 Å². The summed E-state index contributed by atoms with van der Waals surface area (Å²) in [7, 11) is 0. The minimum absolute atomic E-state index is 0.232. The summed E-state index contributed by atoms with van der Waals surface area (Å²) >= 11 is 0. The molecule has 0 saturated heterocycles. The molecule has 0 spiro atoms. The Morgan fingerprint density at radius 3 is 2.29 bits per heavy atom. The highest BCUT2D eigenvalue weighted by atomic mass is 19.3. The molecule has 76 valence electrons. The molecule has 1 aromatic rings. The van der Waals surface area contributed by atoms with Crippen LogP contribution in [-0.4, -0.2) is 5.92 Å². The van der Waals surface area contributed by atoms with Crippen LogP contribution in [0.5, 0.6) is 0 Å². The van der Waals surface area contributed by atoms with Crippen LogP contribution in [0.1, 0.15) is 23.1 Å². The number of nitrogens with two attached hydrogens (primary N) is 1. The van der Waals surface area contributed by atoms with E-state index in [2.05, 4.69) is 0 Å². The third kappa shape index (κ3) is 1.16. The normalized spacial score (nSPS) is 28.9. The molecule has 2 rings (SSSR count). The molecule has 1 aliphatic rings. The van der Waals surface area contributed by atoms with Crippen molar-refractivity contribution in [2.45, 2.75) is 31.7 Å². The highest BCUT2D eigenvalue weighted by molar-refractivity contribution is 5.42. The summed E-state index contributed by atoms with van der Waals surface area (Å²) < 4.78 is 26.0. The third-order valence-corrected chi connectivity index (χ3v) is 2.89. The average molecular weight is 197 g/mol. The van der Waals surface area contributed by atoms with Gasteiger partial charge in [0.15, 0.2) is 0 Å². The average Bonchev–Trinajstić information content (AvgIpc) is 2.50. The second-order valence-corrected chi connectivity index (χ2v) is 4.17. The van der Waals surface area contributed by atoms with Crippen LogP contribution >= 0.6 is 0 Å². The molecule has 3 heteroatoms. The van der Waals surface area contributed by atoms with E-state index in [4.69, 9.17) is 5.73 Å². The maximum absolute atomic E-state index is 13.0. The SMILES string of the molecule is Cc1ccc(C2(N)CC2(F)F)c(C)c1. The van der Waals surface area contributed by atoms with Crippen molar-refractivity contribution in [1.29, 1.82) is 0 Å². The fourth-order valence-electron chi connectivity index (χ4n) is 1.91. The molecule has 1 unspecified atom stereocenters. The van der Waals surface area contributed by atoms with Crippen LogP contribution in [0.25, 0.3) is 0 Å². The topological polar surface area (TPSA) is 26.0 Å². The van der Waals surface area contributed by atoms with E-state index in [0.717, 1.165) is 11.1 Å². The lowest BCUT2D eigenvalue weighted by atomic mass is 9.98. The third-order valence-electron chi connectivity index (χ3n) is 2.89. The van der Waals surface area contributed by atoms with Crippen LogP contribution in [-0.2, 0) is 5.54 Å². The highest BCUT2D eigenvalue weighted by Gasteiger charge is 2.70. The Kier molecular flexibility index (Phi) is 1.74. The smallest absolute Gasteiger partial charge is 0.272 e. The summed E-state index contributed by atoms with van der Waals surface area (Å²) in [6.45, 7) is 3.76. The zero-order valence-corrected chi connectivity index (χ0v) is 8.27. The number of rotatable bonds is 1. The molecule has 0 radical (unpaired) electrons. The van der Waals surface area contributed by atoms with Crippen LogP contribution < -0.4 is 5.73 Å². The second-order valence-electron chi connectivity index (χ2n) is 4.17. The Bertz CT molecular complexity index is 387. The molecule has 1 atom stereocenters. The number of benzene rings is 1. The van der Waals surface area contributed by atoms with E-state index in [-0.39, 0.29) is 6.42 Å². The first-order chi connectivity index (χ1) is 6.37. The van der Waals surface area contributed by atoms with Crippen molar-refractivity contribution in [1.82, 2.24) is 0 Å². The molecule has 14 heavy (non-hydrogen) atoms. The van der Waals surface area contributed by atoms with Crippen LogP contribution in [0, 0.1) is 13.8 Å². The number of alkyl halides is 2. The van der Waals surface area contributed by atoms with Gasteiger partial charge in [-0.25, -0.2) is 8.78 Å². The predicted molar refractivity (Wildman–Crippen MR) is 51.3 cm³/mol. The molecule has 0 amide bonds. The molecule has 0 bridgehead atoms. The number of hydrogen-bond donors (Lipinski definition) is 1. The standard InChI is InChI=1S/C11H13F2N/c1-7-3-4-9(8(2)5-7)10(14)6-11(10,12)13/h3-5H,6,14H2,1-2H3. The van der Waals surface area contributed by atoms with Crippen molar-refractivity contribution in [2.24, 2.45) is 5.73 Å². The number of hydrogen-bond acceptors (Lipinski definition) is 1. The maximum Gasteiger partial charge on any atom is 0.272 e. The summed E-state index contributed by atoms with van der Waals surface area (Å²) in [6, 6.07) is 5.43. The Morgan fingerprint density at radius 1 is 1.29 bits per heavy atom. The lowest BCUT2D eigenvalue weighted by Crippen LogP contribution is -2.28. The first-order valence-electron chi connectivity index (χ1n) is 4.61. The van der Waals surface area contributed by atoms with E-state index < -0.39 is 11.5 Å². The molecule has 0 aliphatic heterocycles. The van der Waals surface area contributed by atoms with Crippen molar-refractivity contribution in [2.75, 3.05) is 0 Å². The molecule has 0 heterocycles. The van der Waals surface area contributed by atoms with Gasteiger partial charge in [-0.15, -0.1) is 0 Å². The van der Waals surface area contributed by atoms with Gasteiger partial charge in [0.05, 0.1) is 0 Å². The summed E-state index contributed by atoms with van der Waals surface area (Å²) in [4.78, 5) is 0. The predicted octanol–water partition coefficient (Wildman–Crippen LogP) is 2.50. The van der Waals surface area contributed by atoms with Crippen LogP contribution in [0.2, 0.25) is 0 Å². The number of aryl methyl sites for hydroxylation is 2. The highest BCUT2D eigenvalue weighted by Crippen LogP contribution is 2.58. The van der Waals surface area contributed by atoms with Gasteiger partial charge in [-0.1, -0.05) is 23.8 Å². The van der Waals surface area contributed by atoms with E-state index in [1.807, 2.05) is 26.0 Å². The van der Waals surface area contributed by atoms with Gasteiger partial charge in [0.25, 0.3) is 5.92 Å². The largest absolute Gasteiger partial charge is 0.316 e. The lowest BCUT2D eigenvalue weighted by Gasteiger charge is -2.14. The Morgan fingerprint density at radius 2 is 1.86 bits per heavy atom. The quantitative estimate of drug-likeness (QED) is 0.735. The minimum atomic E-state index is -2.73. The van der Waals surface area contributed by atoms with E-state index in [1.54, 1.807) is 6.07 Å². The summed E-state index contributed by atoms with van der Waals surface area (Å²) in [5.74, 6) is -2.73. The molecule has 1 saturated carbocycles. The lowest BCUT2D eigenvalue weighted by molar-refractivity contribution is 0.0889. The second kappa shape index (κ2) is 2.54. The van der Waals surface area contributed by atoms with Gasteiger partial charge in [0.1, 0.15) is 5.54 Å². The van der Waals surface area contributed by atoms with E-state index in [1.165, 1.54) is 0 Å². The molecule has 0 aromatic heterocycles. The van der Waals surface area contributed by atoms with Gasteiger partial charge in [-0.3, -0.25) is 0 Å². The Balaban J connectivity index is 2.45. The van der Waals surface area contributed by atoms with Gasteiger partial charge in [0, 0.05) is 6.42 Å². The van der Waals surface area contributed by atoms with E-state index in [0.29, 0.717) is 5.56 Å². The molecular weight excluding hydrogens is 184 g/mol. The van der Waals surface area contributed by atoms with Crippen LogP contribution in [0.4, 0.5) is 8.78 Å². The zero-order chi connectivity index (χ0) is 10.6. The van der Waals surface area contributed by atoms with Crippen LogP contribution in [0.3, 0.4) is 0 Å². The minimum Gasteiger partial charge on any atom is -0.316 e. The maximum atomic E-state index is 13.0. The number of halogens is 2. The zero-order valence-electron chi connectivity index (χ0n) is 8.27.